The largest absolute Gasteiger partial charge is 0.497 e. The lowest BCUT2D eigenvalue weighted by atomic mass is 9.46. The maximum Gasteiger partial charge on any atom is 0.200 e. The van der Waals surface area contributed by atoms with Crippen molar-refractivity contribution in [3.8, 4) is 11.5 Å². The van der Waals surface area contributed by atoms with Gasteiger partial charge in [-0.1, -0.05) is 39.0 Å². The van der Waals surface area contributed by atoms with Crippen LogP contribution in [-0.2, 0) is 4.79 Å². The second kappa shape index (κ2) is 7.56. The number of carbonyl (C=O) groups is 1. The standard InChI is InChI=1S/C23H34O4S/c1-21(2)9-7-10-22(3)18(21)8-11-23(4,25)19(22)20(24)28-17-13-15(26-5)12-16(14-17)27-6/h12-14,18-19,25H,7-11H2,1-6H3/t18-,19+,22-,23+/m0/s1. The van der Waals surface area contributed by atoms with E-state index in [1.165, 1.54) is 18.2 Å². The molecule has 1 aromatic carbocycles. The molecule has 4 nitrogen and oxygen atoms in total. The molecule has 0 heterocycles. The molecule has 2 aliphatic rings. The summed E-state index contributed by atoms with van der Waals surface area (Å²) in [6.45, 7) is 8.75. The van der Waals surface area contributed by atoms with Crippen LogP contribution < -0.4 is 9.47 Å². The van der Waals surface area contributed by atoms with Crippen molar-refractivity contribution in [3.63, 3.8) is 0 Å². The van der Waals surface area contributed by atoms with Gasteiger partial charge in [0, 0.05) is 11.0 Å². The zero-order valence-electron chi connectivity index (χ0n) is 18.0. The van der Waals surface area contributed by atoms with E-state index in [0.717, 1.165) is 24.2 Å². The average molecular weight is 407 g/mol. The fourth-order valence-corrected chi connectivity index (χ4v) is 7.29. The molecular weight excluding hydrogens is 372 g/mol. The van der Waals surface area contributed by atoms with Crippen LogP contribution in [-0.4, -0.2) is 30.0 Å². The molecule has 0 radical (unpaired) electrons. The van der Waals surface area contributed by atoms with E-state index in [4.69, 9.17) is 9.47 Å². The Bertz CT molecular complexity index is 720. The molecule has 4 atom stereocenters. The van der Waals surface area contributed by atoms with Crippen LogP contribution in [0.25, 0.3) is 0 Å². The van der Waals surface area contributed by atoms with Crippen LogP contribution in [0.3, 0.4) is 0 Å². The van der Waals surface area contributed by atoms with Crippen molar-refractivity contribution in [1.82, 2.24) is 0 Å². The summed E-state index contributed by atoms with van der Waals surface area (Å²) in [5.74, 6) is 1.38. The van der Waals surface area contributed by atoms with Crippen LogP contribution in [0.15, 0.2) is 23.1 Å². The highest BCUT2D eigenvalue weighted by atomic mass is 32.2. The van der Waals surface area contributed by atoms with Gasteiger partial charge < -0.3 is 14.6 Å². The minimum Gasteiger partial charge on any atom is -0.497 e. The number of carbonyl (C=O) groups excluding carboxylic acids is 1. The van der Waals surface area contributed by atoms with E-state index in [1.54, 1.807) is 20.3 Å². The van der Waals surface area contributed by atoms with Crippen LogP contribution in [0.5, 0.6) is 11.5 Å². The predicted molar refractivity (Wildman–Crippen MR) is 113 cm³/mol. The summed E-state index contributed by atoms with van der Waals surface area (Å²) >= 11 is 1.21. The molecule has 1 N–H and O–H groups in total. The van der Waals surface area contributed by atoms with Crippen LogP contribution in [0.1, 0.15) is 59.8 Å². The quantitative estimate of drug-likeness (QED) is 0.686. The number of hydrogen-bond acceptors (Lipinski definition) is 5. The summed E-state index contributed by atoms with van der Waals surface area (Å²) in [5.41, 5.74) is -0.964. The van der Waals surface area contributed by atoms with Crippen molar-refractivity contribution in [2.24, 2.45) is 22.7 Å². The Kier molecular flexibility index (Phi) is 5.81. The third kappa shape index (κ3) is 3.80. The highest BCUT2D eigenvalue weighted by Gasteiger charge is 2.60. The van der Waals surface area contributed by atoms with Gasteiger partial charge in [0.25, 0.3) is 0 Å². The predicted octanol–water partition coefficient (Wildman–Crippen LogP) is 5.32. The van der Waals surface area contributed by atoms with Gasteiger partial charge in [0.1, 0.15) is 11.5 Å². The van der Waals surface area contributed by atoms with Crippen LogP contribution >= 0.6 is 11.8 Å². The summed E-state index contributed by atoms with van der Waals surface area (Å²) in [6.07, 6.45) is 4.96. The number of fused-ring (bicyclic) bond motifs is 1. The van der Waals surface area contributed by atoms with Crippen LogP contribution in [0.2, 0.25) is 0 Å². The number of ether oxygens (including phenoxy) is 2. The summed E-state index contributed by atoms with van der Waals surface area (Å²) in [4.78, 5) is 14.4. The normalized spacial score (nSPS) is 34.4. The second-order valence-corrected chi connectivity index (χ2v) is 10.8. The maximum atomic E-state index is 13.6. The van der Waals surface area contributed by atoms with Gasteiger partial charge in [-0.15, -0.1) is 0 Å². The molecule has 0 saturated heterocycles. The molecule has 0 unspecified atom stereocenters. The lowest BCUT2D eigenvalue weighted by molar-refractivity contribution is -0.171. The number of aliphatic hydroxyl groups is 1. The molecular formula is C23H34O4S. The van der Waals surface area contributed by atoms with Crippen molar-refractivity contribution in [2.75, 3.05) is 14.2 Å². The highest BCUT2D eigenvalue weighted by molar-refractivity contribution is 8.13. The number of methoxy groups -OCH3 is 2. The molecule has 1 aromatic rings. The first-order valence-electron chi connectivity index (χ1n) is 10.2. The number of hydrogen-bond donors (Lipinski definition) is 1. The van der Waals surface area contributed by atoms with Gasteiger partial charge in [-0.3, -0.25) is 4.79 Å². The van der Waals surface area contributed by atoms with E-state index in [-0.39, 0.29) is 21.9 Å². The van der Waals surface area contributed by atoms with E-state index >= 15 is 0 Å². The van der Waals surface area contributed by atoms with Crippen molar-refractivity contribution in [2.45, 2.75) is 70.3 Å². The zero-order chi connectivity index (χ0) is 20.7. The van der Waals surface area contributed by atoms with E-state index in [1.807, 2.05) is 19.1 Å². The Morgan fingerprint density at radius 3 is 2.21 bits per heavy atom. The second-order valence-electron chi connectivity index (χ2n) is 9.70. The summed E-state index contributed by atoms with van der Waals surface area (Å²) < 4.78 is 10.7. The molecule has 156 valence electrons. The summed E-state index contributed by atoms with van der Waals surface area (Å²) in [7, 11) is 3.21. The highest BCUT2D eigenvalue weighted by Crippen LogP contribution is 2.63. The molecule has 0 aliphatic heterocycles. The third-order valence-electron chi connectivity index (χ3n) is 7.28. The number of rotatable bonds is 4. The third-order valence-corrected chi connectivity index (χ3v) is 8.18. The van der Waals surface area contributed by atoms with Gasteiger partial charge in [-0.05, 0) is 61.5 Å². The van der Waals surface area contributed by atoms with Gasteiger partial charge >= 0.3 is 0 Å². The number of thioether (sulfide) groups is 1. The molecule has 28 heavy (non-hydrogen) atoms. The van der Waals surface area contributed by atoms with Crippen molar-refractivity contribution in [1.29, 1.82) is 0 Å². The summed E-state index contributed by atoms with van der Waals surface area (Å²) in [5, 5.41) is 11.3. The van der Waals surface area contributed by atoms with Crippen molar-refractivity contribution < 1.29 is 19.4 Å². The minimum atomic E-state index is -0.980. The van der Waals surface area contributed by atoms with E-state index < -0.39 is 5.60 Å². The first-order chi connectivity index (χ1) is 13.0. The molecule has 2 aliphatic carbocycles. The lowest BCUT2D eigenvalue weighted by Gasteiger charge is -2.60. The number of benzene rings is 1. The first-order valence-corrected chi connectivity index (χ1v) is 11.0. The van der Waals surface area contributed by atoms with E-state index in [2.05, 4.69) is 20.8 Å². The Hall–Kier alpha value is -1.20. The smallest absolute Gasteiger partial charge is 0.200 e. The Labute approximate surface area is 173 Å². The van der Waals surface area contributed by atoms with Gasteiger partial charge in [0.2, 0.25) is 0 Å². The fraction of sp³-hybridized carbons (Fsp3) is 0.696. The van der Waals surface area contributed by atoms with Gasteiger partial charge in [0.15, 0.2) is 5.12 Å². The molecule has 2 fully saturated rings. The SMILES string of the molecule is COc1cc(OC)cc(SC(=O)[C@@H]2[C@@]3(C)CCCC(C)(C)[C@@H]3CC[C@@]2(C)O)c1. The molecule has 0 spiro atoms. The van der Waals surface area contributed by atoms with Crippen LogP contribution in [0, 0.1) is 22.7 Å². The van der Waals surface area contributed by atoms with Crippen molar-refractivity contribution >= 4 is 16.9 Å². The van der Waals surface area contributed by atoms with Gasteiger partial charge in [-0.2, -0.15) is 0 Å². The molecule has 2 saturated carbocycles. The van der Waals surface area contributed by atoms with Gasteiger partial charge in [0.05, 0.1) is 25.7 Å². The molecule has 0 aromatic heterocycles. The average Bonchev–Trinajstić information content (AvgIpc) is 2.59. The van der Waals surface area contributed by atoms with Gasteiger partial charge in [-0.25, -0.2) is 0 Å². The fourth-order valence-electron chi connectivity index (χ4n) is 6.06. The minimum absolute atomic E-state index is 0.0465. The van der Waals surface area contributed by atoms with Crippen molar-refractivity contribution in [3.05, 3.63) is 18.2 Å². The molecule has 0 bridgehead atoms. The lowest BCUT2D eigenvalue weighted by Crippen LogP contribution is -2.59. The molecule has 3 rings (SSSR count). The van der Waals surface area contributed by atoms with E-state index in [0.29, 0.717) is 23.8 Å². The van der Waals surface area contributed by atoms with Crippen LogP contribution in [0.4, 0.5) is 0 Å². The Morgan fingerprint density at radius 2 is 1.64 bits per heavy atom. The zero-order valence-corrected chi connectivity index (χ0v) is 18.8. The monoisotopic (exact) mass is 406 g/mol. The first kappa shape index (κ1) is 21.5. The maximum absolute atomic E-state index is 13.6. The molecule has 0 amide bonds. The Balaban J connectivity index is 1.94. The van der Waals surface area contributed by atoms with E-state index in [9.17, 15) is 9.90 Å². The molecule has 5 heteroatoms. The topological polar surface area (TPSA) is 55.8 Å². The summed E-state index contributed by atoms with van der Waals surface area (Å²) in [6, 6.07) is 5.51. The Morgan fingerprint density at radius 1 is 1.04 bits per heavy atom.